The molecule has 0 aliphatic heterocycles. The van der Waals surface area contributed by atoms with E-state index < -0.39 is 0 Å². The van der Waals surface area contributed by atoms with E-state index in [0.717, 1.165) is 19.1 Å². The van der Waals surface area contributed by atoms with Gasteiger partial charge in [-0.1, -0.05) is 24.4 Å². The number of nitrogens with zero attached hydrogens (tertiary/aromatic N) is 3. The van der Waals surface area contributed by atoms with E-state index in [2.05, 4.69) is 28.3 Å². The van der Waals surface area contributed by atoms with E-state index in [0.29, 0.717) is 16.5 Å². The number of rotatable bonds is 5. The third-order valence-electron chi connectivity index (χ3n) is 3.64. The predicted molar refractivity (Wildman–Crippen MR) is 77.3 cm³/mol. The van der Waals surface area contributed by atoms with Gasteiger partial charge < -0.3 is 10.2 Å². The van der Waals surface area contributed by atoms with Crippen molar-refractivity contribution in [1.29, 1.82) is 5.26 Å². The normalized spacial score (nSPS) is 15.7. The third kappa shape index (κ3) is 4.09. The number of pyridine rings is 1. The van der Waals surface area contributed by atoms with Crippen molar-refractivity contribution in [1.82, 2.24) is 9.88 Å². The van der Waals surface area contributed by atoms with Gasteiger partial charge in [0.25, 0.3) is 0 Å². The van der Waals surface area contributed by atoms with Crippen LogP contribution in [0.25, 0.3) is 0 Å². The summed E-state index contributed by atoms with van der Waals surface area (Å²) in [6, 6.07) is 6.09. The highest BCUT2D eigenvalue weighted by Crippen LogP contribution is 2.22. The van der Waals surface area contributed by atoms with Crippen LogP contribution in [0.2, 0.25) is 5.15 Å². The summed E-state index contributed by atoms with van der Waals surface area (Å²) in [5.74, 6) is 0.670. The minimum atomic E-state index is 0.352. The molecule has 1 N–H and O–H groups in total. The van der Waals surface area contributed by atoms with E-state index in [1.54, 1.807) is 12.1 Å². The summed E-state index contributed by atoms with van der Waals surface area (Å²) in [4.78, 5) is 6.56. The van der Waals surface area contributed by atoms with Gasteiger partial charge in [-0.25, -0.2) is 4.98 Å². The molecule has 5 heteroatoms. The summed E-state index contributed by atoms with van der Waals surface area (Å²) in [5.41, 5.74) is 0.534. The molecule has 1 aromatic heterocycles. The van der Waals surface area contributed by atoms with Crippen LogP contribution >= 0.6 is 11.6 Å². The average Bonchev–Trinajstić information content (AvgIpc) is 2.92. The zero-order valence-corrected chi connectivity index (χ0v) is 12.0. The van der Waals surface area contributed by atoms with Crippen molar-refractivity contribution in [3.8, 4) is 6.07 Å². The van der Waals surface area contributed by atoms with Crippen LogP contribution in [-0.2, 0) is 0 Å². The quantitative estimate of drug-likeness (QED) is 0.842. The molecular weight excluding hydrogens is 260 g/mol. The van der Waals surface area contributed by atoms with Crippen LogP contribution in [0.3, 0.4) is 0 Å². The summed E-state index contributed by atoms with van der Waals surface area (Å²) in [7, 11) is 2.17. The summed E-state index contributed by atoms with van der Waals surface area (Å²) in [6.45, 7) is 1.78. The van der Waals surface area contributed by atoms with Gasteiger partial charge in [0.05, 0.1) is 11.6 Å². The lowest BCUT2D eigenvalue weighted by Gasteiger charge is -2.24. The van der Waals surface area contributed by atoms with Crippen molar-refractivity contribution in [2.75, 3.05) is 25.5 Å². The molecule has 0 bridgehead atoms. The van der Waals surface area contributed by atoms with Crippen LogP contribution < -0.4 is 5.32 Å². The van der Waals surface area contributed by atoms with Gasteiger partial charge in [-0.15, -0.1) is 0 Å². The van der Waals surface area contributed by atoms with Crippen LogP contribution in [0.5, 0.6) is 0 Å². The maximum absolute atomic E-state index is 8.87. The molecule has 0 saturated heterocycles. The van der Waals surface area contributed by atoms with Crippen molar-refractivity contribution >= 4 is 17.4 Å². The van der Waals surface area contributed by atoms with E-state index in [9.17, 15) is 0 Å². The fraction of sp³-hybridized carbons (Fsp3) is 0.571. The molecule has 1 fully saturated rings. The van der Waals surface area contributed by atoms with Crippen LogP contribution in [0.15, 0.2) is 12.1 Å². The van der Waals surface area contributed by atoms with E-state index in [4.69, 9.17) is 16.9 Å². The van der Waals surface area contributed by atoms with Gasteiger partial charge >= 0.3 is 0 Å². The minimum absolute atomic E-state index is 0.352. The summed E-state index contributed by atoms with van der Waals surface area (Å²) < 4.78 is 0. The van der Waals surface area contributed by atoms with Crippen molar-refractivity contribution in [3.05, 3.63) is 22.8 Å². The Hall–Kier alpha value is -1.31. The standard InChI is InChI=1S/C14H19ClN4/c1-19(12-4-2-3-5-12)7-6-17-14-9-11(10-16)8-13(15)18-14/h8-9,12H,2-7H2,1H3,(H,17,18). The maximum atomic E-state index is 8.87. The van der Waals surface area contributed by atoms with E-state index in [-0.39, 0.29) is 0 Å². The van der Waals surface area contributed by atoms with Gasteiger partial charge in [0.15, 0.2) is 0 Å². The Labute approximate surface area is 119 Å². The van der Waals surface area contributed by atoms with Gasteiger partial charge in [-0.3, -0.25) is 0 Å². The number of hydrogen-bond acceptors (Lipinski definition) is 4. The monoisotopic (exact) mass is 278 g/mol. The second-order valence-corrected chi connectivity index (χ2v) is 5.41. The Balaban J connectivity index is 1.82. The zero-order valence-electron chi connectivity index (χ0n) is 11.2. The molecule has 0 aromatic carbocycles. The molecule has 1 heterocycles. The maximum Gasteiger partial charge on any atom is 0.132 e. The summed E-state index contributed by atoms with van der Waals surface area (Å²) in [6.07, 6.45) is 5.32. The second kappa shape index (κ2) is 6.74. The molecular formula is C14H19ClN4. The number of halogens is 1. The van der Waals surface area contributed by atoms with Gasteiger partial charge in [0, 0.05) is 19.1 Å². The molecule has 0 atom stereocenters. The van der Waals surface area contributed by atoms with E-state index in [1.807, 2.05) is 0 Å². The largest absolute Gasteiger partial charge is 0.369 e. The van der Waals surface area contributed by atoms with Crippen molar-refractivity contribution in [2.24, 2.45) is 0 Å². The van der Waals surface area contributed by atoms with Crippen LogP contribution in [0, 0.1) is 11.3 Å². The van der Waals surface area contributed by atoms with Crippen molar-refractivity contribution in [2.45, 2.75) is 31.7 Å². The second-order valence-electron chi connectivity index (χ2n) is 5.02. The smallest absolute Gasteiger partial charge is 0.132 e. The van der Waals surface area contributed by atoms with Crippen molar-refractivity contribution < 1.29 is 0 Å². The molecule has 1 aromatic rings. The SMILES string of the molecule is CN(CCNc1cc(C#N)cc(Cl)n1)C1CCCC1. The first kappa shape index (κ1) is 14.1. The van der Waals surface area contributed by atoms with Crippen LogP contribution in [-0.4, -0.2) is 36.1 Å². The number of anilines is 1. The molecule has 102 valence electrons. The molecule has 19 heavy (non-hydrogen) atoms. The van der Waals surface area contributed by atoms with Crippen LogP contribution in [0.4, 0.5) is 5.82 Å². The van der Waals surface area contributed by atoms with Gasteiger partial charge in [0.2, 0.25) is 0 Å². The summed E-state index contributed by atoms with van der Waals surface area (Å²) >= 11 is 5.86. The predicted octanol–water partition coefficient (Wildman–Crippen LogP) is 2.89. The summed E-state index contributed by atoms with van der Waals surface area (Å²) in [5, 5.41) is 12.4. The lowest BCUT2D eigenvalue weighted by atomic mass is 10.2. The minimum Gasteiger partial charge on any atom is -0.369 e. The number of nitriles is 1. The number of nitrogens with one attached hydrogen (secondary N) is 1. The molecule has 1 saturated carbocycles. The molecule has 0 amide bonds. The Morgan fingerprint density at radius 3 is 2.89 bits per heavy atom. The Bertz CT molecular complexity index is 463. The first-order valence-corrected chi connectivity index (χ1v) is 7.08. The van der Waals surface area contributed by atoms with Crippen LogP contribution in [0.1, 0.15) is 31.2 Å². The molecule has 4 nitrogen and oxygen atoms in total. The van der Waals surface area contributed by atoms with E-state index in [1.165, 1.54) is 25.7 Å². The molecule has 1 aliphatic rings. The Morgan fingerprint density at radius 1 is 1.47 bits per heavy atom. The lowest BCUT2D eigenvalue weighted by Crippen LogP contribution is -2.33. The number of likely N-dealkylation sites (N-methyl/N-ethyl adjacent to an activating group) is 1. The fourth-order valence-electron chi connectivity index (χ4n) is 2.54. The number of aromatic nitrogens is 1. The zero-order chi connectivity index (χ0) is 13.7. The fourth-order valence-corrected chi connectivity index (χ4v) is 2.75. The first-order chi connectivity index (χ1) is 9.19. The highest BCUT2D eigenvalue weighted by atomic mass is 35.5. The van der Waals surface area contributed by atoms with Crippen molar-refractivity contribution in [3.63, 3.8) is 0 Å². The Kier molecular flexibility index (Phi) is 5.00. The average molecular weight is 279 g/mol. The van der Waals surface area contributed by atoms with Gasteiger partial charge in [0.1, 0.15) is 11.0 Å². The lowest BCUT2D eigenvalue weighted by molar-refractivity contribution is 0.254. The number of hydrogen-bond donors (Lipinski definition) is 1. The Morgan fingerprint density at radius 2 is 2.21 bits per heavy atom. The molecule has 0 unspecified atom stereocenters. The molecule has 0 radical (unpaired) electrons. The molecule has 1 aliphatic carbocycles. The molecule has 2 rings (SSSR count). The molecule has 0 spiro atoms. The van der Waals surface area contributed by atoms with Gasteiger partial charge in [-0.05, 0) is 32.0 Å². The topological polar surface area (TPSA) is 52.0 Å². The highest BCUT2D eigenvalue weighted by molar-refractivity contribution is 6.29. The first-order valence-electron chi connectivity index (χ1n) is 6.71. The highest BCUT2D eigenvalue weighted by Gasteiger charge is 2.18. The van der Waals surface area contributed by atoms with Gasteiger partial charge in [-0.2, -0.15) is 5.26 Å². The third-order valence-corrected chi connectivity index (χ3v) is 3.84. The van der Waals surface area contributed by atoms with E-state index >= 15 is 0 Å².